The van der Waals surface area contributed by atoms with Crippen LogP contribution in [0.5, 0.6) is 0 Å². The third-order valence-electron chi connectivity index (χ3n) is 6.93. The minimum atomic E-state index is -0.693. The van der Waals surface area contributed by atoms with Crippen molar-refractivity contribution in [1.29, 1.82) is 0 Å². The van der Waals surface area contributed by atoms with Crippen molar-refractivity contribution in [2.24, 2.45) is 0 Å². The summed E-state index contributed by atoms with van der Waals surface area (Å²) in [5, 5.41) is 16.4. The number of morpholine rings is 1. The van der Waals surface area contributed by atoms with Crippen molar-refractivity contribution >= 4 is 17.8 Å². The summed E-state index contributed by atoms with van der Waals surface area (Å²) >= 11 is 0. The van der Waals surface area contributed by atoms with E-state index in [4.69, 9.17) is 4.74 Å². The highest BCUT2D eigenvalue weighted by atomic mass is 16.5. The van der Waals surface area contributed by atoms with Gasteiger partial charge < -0.3 is 20.5 Å². The molecule has 2 saturated heterocycles. The number of nitrogens with one attached hydrogen (secondary N) is 2. The van der Waals surface area contributed by atoms with Crippen molar-refractivity contribution in [2.45, 2.75) is 75.1 Å². The average Bonchev–Trinajstić information content (AvgIpc) is 3.39. The lowest BCUT2D eigenvalue weighted by Gasteiger charge is -2.34. The standard InChI is InChI=1S/C20H32N4O5/c25-16(21-14-5-6-15(17(14)26)23-10-12-29-13-11-23)4-3-9-24-18(27)20(22-19(24)28)7-1-2-8-20/h14-15,17,26H,1-13H2,(H,21,25)(H,22,28)/t14-,15-,17-/m1/s1. The molecule has 0 aromatic heterocycles. The smallest absolute Gasteiger partial charge is 0.325 e. The van der Waals surface area contributed by atoms with E-state index in [1.165, 1.54) is 4.90 Å². The molecule has 3 N–H and O–H groups in total. The van der Waals surface area contributed by atoms with Crippen LogP contribution in [-0.2, 0) is 14.3 Å². The molecule has 0 aromatic carbocycles. The summed E-state index contributed by atoms with van der Waals surface area (Å²) in [6, 6.07) is -0.511. The van der Waals surface area contributed by atoms with Gasteiger partial charge in [-0.2, -0.15) is 0 Å². The van der Waals surface area contributed by atoms with Gasteiger partial charge in [0.05, 0.1) is 25.4 Å². The molecule has 9 heteroatoms. The highest BCUT2D eigenvalue weighted by Crippen LogP contribution is 2.35. The van der Waals surface area contributed by atoms with Gasteiger partial charge in [0, 0.05) is 32.1 Å². The van der Waals surface area contributed by atoms with E-state index in [-0.39, 0.29) is 42.9 Å². The van der Waals surface area contributed by atoms with Crippen LogP contribution in [0.15, 0.2) is 0 Å². The Hall–Kier alpha value is -1.71. The Bertz CT molecular complexity index is 645. The van der Waals surface area contributed by atoms with E-state index < -0.39 is 11.6 Å². The van der Waals surface area contributed by atoms with Gasteiger partial charge in [0.1, 0.15) is 5.54 Å². The number of aliphatic hydroxyl groups excluding tert-OH is 1. The van der Waals surface area contributed by atoms with Gasteiger partial charge in [0.2, 0.25) is 5.91 Å². The molecule has 29 heavy (non-hydrogen) atoms. The van der Waals surface area contributed by atoms with E-state index >= 15 is 0 Å². The first kappa shape index (κ1) is 20.6. The van der Waals surface area contributed by atoms with Crippen LogP contribution in [0.4, 0.5) is 4.79 Å². The number of carbonyl (C=O) groups excluding carboxylic acids is 3. The number of hydrogen-bond donors (Lipinski definition) is 3. The Morgan fingerprint density at radius 3 is 2.66 bits per heavy atom. The minimum absolute atomic E-state index is 0.0673. The summed E-state index contributed by atoms with van der Waals surface area (Å²) in [5.41, 5.74) is -0.693. The third kappa shape index (κ3) is 4.13. The van der Waals surface area contributed by atoms with E-state index in [9.17, 15) is 19.5 Å². The topological polar surface area (TPSA) is 111 Å². The normalized spacial score (nSPS) is 32.2. The molecule has 4 aliphatic rings. The molecule has 0 aromatic rings. The first-order valence-corrected chi connectivity index (χ1v) is 10.9. The molecule has 2 aliphatic heterocycles. The highest BCUT2D eigenvalue weighted by molar-refractivity contribution is 6.07. The zero-order valence-corrected chi connectivity index (χ0v) is 16.9. The maximum atomic E-state index is 12.6. The Morgan fingerprint density at radius 1 is 1.21 bits per heavy atom. The monoisotopic (exact) mass is 408 g/mol. The summed E-state index contributed by atoms with van der Waals surface area (Å²) in [4.78, 5) is 40.7. The molecule has 4 rings (SSSR count). The number of amides is 4. The summed E-state index contributed by atoms with van der Waals surface area (Å²) in [6.07, 6.45) is 5.02. The predicted molar refractivity (Wildman–Crippen MR) is 104 cm³/mol. The maximum absolute atomic E-state index is 12.6. The lowest BCUT2D eigenvalue weighted by molar-refractivity contribution is -0.131. The molecule has 4 amide bonds. The molecule has 0 unspecified atom stereocenters. The van der Waals surface area contributed by atoms with Crippen LogP contribution in [-0.4, -0.2) is 89.3 Å². The summed E-state index contributed by atoms with van der Waals surface area (Å²) < 4.78 is 5.37. The molecular weight excluding hydrogens is 376 g/mol. The zero-order chi connectivity index (χ0) is 20.4. The molecule has 2 saturated carbocycles. The Labute approximate surface area is 171 Å². The van der Waals surface area contributed by atoms with Crippen molar-refractivity contribution in [3.63, 3.8) is 0 Å². The van der Waals surface area contributed by atoms with Crippen molar-refractivity contribution in [3.8, 4) is 0 Å². The second-order valence-corrected chi connectivity index (χ2v) is 8.74. The zero-order valence-electron chi connectivity index (χ0n) is 16.9. The van der Waals surface area contributed by atoms with Gasteiger partial charge in [-0.25, -0.2) is 4.79 Å². The molecule has 162 valence electrons. The van der Waals surface area contributed by atoms with Crippen LogP contribution >= 0.6 is 0 Å². The van der Waals surface area contributed by atoms with E-state index in [0.29, 0.717) is 32.5 Å². The van der Waals surface area contributed by atoms with Crippen LogP contribution in [0.25, 0.3) is 0 Å². The van der Waals surface area contributed by atoms with E-state index in [1.807, 2.05) is 0 Å². The molecule has 2 heterocycles. The predicted octanol–water partition coefficient (Wildman–Crippen LogP) is -0.0285. The van der Waals surface area contributed by atoms with Gasteiger partial charge >= 0.3 is 6.03 Å². The van der Waals surface area contributed by atoms with Crippen molar-refractivity contribution in [1.82, 2.24) is 20.4 Å². The summed E-state index contributed by atoms with van der Waals surface area (Å²) in [5.74, 6) is -0.278. The lowest BCUT2D eigenvalue weighted by atomic mass is 9.98. The number of urea groups is 1. The Balaban J connectivity index is 1.20. The van der Waals surface area contributed by atoms with Crippen LogP contribution in [0.2, 0.25) is 0 Å². The minimum Gasteiger partial charge on any atom is -0.389 e. The van der Waals surface area contributed by atoms with Gasteiger partial charge in [0.25, 0.3) is 5.91 Å². The summed E-state index contributed by atoms with van der Waals surface area (Å²) in [7, 11) is 0. The highest BCUT2D eigenvalue weighted by Gasteiger charge is 2.52. The second kappa shape index (κ2) is 8.57. The van der Waals surface area contributed by atoms with Gasteiger partial charge in [-0.1, -0.05) is 12.8 Å². The van der Waals surface area contributed by atoms with E-state index in [1.54, 1.807) is 0 Å². The number of rotatable bonds is 6. The lowest BCUT2D eigenvalue weighted by Crippen LogP contribution is -2.51. The van der Waals surface area contributed by atoms with E-state index in [0.717, 1.165) is 38.8 Å². The van der Waals surface area contributed by atoms with Crippen molar-refractivity contribution < 1.29 is 24.2 Å². The van der Waals surface area contributed by atoms with Crippen LogP contribution in [0, 0.1) is 0 Å². The molecule has 3 atom stereocenters. The molecule has 9 nitrogen and oxygen atoms in total. The number of nitrogens with zero attached hydrogens (tertiary/aromatic N) is 2. The van der Waals surface area contributed by atoms with Gasteiger partial charge in [-0.3, -0.25) is 19.4 Å². The average molecular weight is 408 g/mol. The van der Waals surface area contributed by atoms with Crippen LogP contribution in [0.1, 0.15) is 51.4 Å². The van der Waals surface area contributed by atoms with Crippen molar-refractivity contribution in [2.75, 3.05) is 32.8 Å². The van der Waals surface area contributed by atoms with Crippen molar-refractivity contribution in [3.05, 3.63) is 0 Å². The first-order chi connectivity index (χ1) is 14.0. The van der Waals surface area contributed by atoms with Gasteiger partial charge in [-0.15, -0.1) is 0 Å². The fourth-order valence-corrected chi connectivity index (χ4v) is 5.30. The Kier molecular flexibility index (Phi) is 6.08. The van der Waals surface area contributed by atoms with E-state index in [2.05, 4.69) is 15.5 Å². The Morgan fingerprint density at radius 2 is 1.93 bits per heavy atom. The fraction of sp³-hybridized carbons (Fsp3) is 0.850. The largest absolute Gasteiger partial charge is 0.389 e. The second-order valence-electron chi connectivity index (χ2n) is 8.74. The molecule has 1 spiro atoms. The van der Waals surface area contributed by atoms with Crippen LogP contribution < -0.4 is 10.6 Å². The molecule has 0 bridgehead atoms. The number of aliphatic hydroxyl groups is 1. The molecule has 2 aliphatic carbocycles. The van der Waals surface area contributed by atoms with Gasteiger partial charge in [0.15, 0.2) is 0 Å². The SMILES string of the molecule is O=C(CCCN1C(=O)NC2(CCCC2)C1=O)N[C@@H]1CC[C@@H](N2CCOCC2)[C@@H]1O. The van der Waals surface area contributed by atoms with Crippen LogP contribution in [0.3, 0.4) is 0 Å². The number of hydrogen-bond acceptors (Lipinski definition) is 6. The fourth-order valence-electron chi connectivity index (χ4n) is 5.30. The first-order valence-electron chi connectivity index (χ1n) is 10.9. The number of carbonyl (C=O) groups is 3. The maximum Gasteiger partial charge on any atom is 0.325 e. The number of imide groups is 1. The molecule has 0 radical (unpaired) electrons. The quantitative estimate of drug-likeness (QED) is 0.533. The number of ether oxygens (including phenoxy) is 1. The molecular formula is C20H32N4O5. The molecule has 4 fully saturated rings. The summed E-state index contributed by atoms with van der Waals surface area (Å²) in [6.45, 7) is 3.25. The van der Waals surface area contributed by atoms with Gasteiger partial charge in [-0.05, 0) is 32.1 Å². The third-order valence-corrected chi connectivity index (χ3v) is 6.93.